The number of aldehydes is 1. The molecule has 0 amide bonds. The highest BCUT2D eigenvalue weighted by Gasteiger charge is 2.18. The molecule has 0 unspecified atom stereocenters. The lowest BCUT2D eigenvalue weighted by Gasteiger charge is -2.20. The number of anilines is 1. The number of hydrogen-bond donors (Lipinski definition) is 0. The fraction of sp³-hybridized carbons (Fsp3) is 0.133. The van der Waals surface area contributed by atoms with E-state index in [1.54, 1.807) is 24.1 Å². The highest BCUT2D eigenvalue weighted by Crippen LogP contribution is 2.30. The summed E-state index contributed by atoms with van der Waals surface area (Å²) in [5, 5.41) is 11.2. The fourth-order valence-electron chi connectivity index (χ4n) is 2.05. The van der Waals surface area contributed by atoms with Gasteiger partial charge in [-0.3, -0.25) is 14.9 Å². The molecule has 108 valence electrons. The largest absolute Gasteiger partial charge is 0.365 e. The van der Waals surface area contributed by atoms with Crippen molar-refractivity contribution in [2.45, 2.75) is 6.54 Å². The van der Waals surface area contributed by atoms with Gasteiger partial charge in [-0.2, -0.15) is 0 Å². The second-order valence-corrected chi connectivity index (χ2v) is 5.42. The highest BCUT2D eigenvalue weighted by atomic mass is 79.9. The summed E-state index contributed by atoms with van der Waals surface area (Å²) in [7, 11) is 1.78. The Kier molecular flexibility index (Phi) is 4.70. The minimum absolute atomic E-state index is 0.0749. The predicted molar refractivity (Wildman–Crippen MR) is 84.7 cm³/mol. The van der Waals surface area contributed by atoms with Gasteiger partial charge in [-0.05, 0) is 23.8 Å². The van der Waals surface area contributed by atoms with E-state index in [0.717, 1.165) is 10.0 Å². The van der Waals surface area contributed by atoms with Crippen LogP contribution in [0.15, 0.2) is 46.9 Å². The Morgan fingerprint density at radius 3 is 2.62 bits per heavy atom. The number of carbonyl (C=O) groups excluding carboxylic acids is 1. The van der Waals surface area contributed by atoms with E-state index in [0.29, 0.717) is 24.1 Å². The van der Waals surface area contributed by atoms with Crippen molar-refractivity contribution >= 4 is 33.6 Å². The second kappa shape index (κ2) is 6.49. The molecule has 0 aliphatic heterocycles. The highest BCUT2D eigenvalue weighted by molar-refractivity contribution is 9.10. The van der Waals surface area contributed by atoms with Crippen molar-refractivity contribution in [2.75, 3.05) is 11.9 Å². The third-order valence-electron chi connectivity index (χ3n) is 3.11. The van der Waals surface area contributed by atoms with Gasteiger partial charge in [-0.1, -0.05) is 34.1 Å². The molecular weight excluding hydrogens is 336 g/mol. The van der Waals surface area contributed by atoms with Gasteiger partial charge in [0, 0.05) is 29.7 Å². The predicted octanol–water partition coefficient (Wildman–Crippen LogP) is 3.81. The van der Waals surface area contributed by atoms with Crippen LogP contribution in [0.3, 0.4) is 0 Å². The monoisotopic (exact) mass is 348 g/mol. The molecule has 6 heteroatoms. The standard InChI is InChI=1S/C15H13BrN2O3/c1-17(9-12-4-2-3-5-13(12)16)14-7-6-11(10-19)8-15(14)18(20)21/h2-8,10H,9H2,1H3. The average molecular weight is 349 g/mol. The molecule has 2 aromatic rings. The van der Waals surface area contributed by atoms with E-state index in [9.17, 15) is 14.9 Å². The van der Waals surface area contributed by atoms with Crippen molar-refractivity contribution in [3.63, 3.8) is 0 Å². The van der Waals surface area contributed by atoms with Gasteiger partial charge in [0.1, 0.15) is 12.0 Å². The van der Waals surface area contributed by atoms with Gasteiger partial charge in [0.05, 0.1) is 4.92 Å². The van der Waals surface area contributed by atoms with Crippen molar-refractivity contribution in [3.05, 3.63) is 68.2 Å². The first-order valence-electron chi connectivity index (χ1n) is 6.21. The van der Waals surface area contributed by atoms with E-state index in [1.165, 1.54) is 6.07 Å². The van der Waals surface area contributed by atoms with E-state index in [1.807, 2.05) is 24.3 Å². The van der Waals surface area contributed by atoms with Gasteiger partial charge in [-0.25, -0.2) is 0 Å². The molecule has 5 nitrogen and oxygen atoms in total. The van der Waals surface area contributed by atoms with Crippen LogP contribution in [-0.2, 0) is 6.54 Å². The number of nitrogens with zero attached hydrogens (tertiary/aromatic N) is 2. The van der Waals surface area contributed by atoms with Gasteiger partial charge >= 0.3 is 0 Å². The quantitative estimate of drug-likeness (QED) is 0.468. The van der Waals surface area contributed by atoms with Crippen LogP contribution >= 0.6 is 15.9 Å². The van der Waals surface area contributed by atoms with Crippen LogP contribution in [0.5, 0.6) is 0 Å². The molecule has 2 aromatic carbocycles. The van der Waals surface area contributed by atoms with Crippen molar-refractivity contribution in [1.82, 2.24) is 0 Å². The number of carbonyl (C=O) groups is 1. The van der Waals surface area contributed by atoms with Crippen LogP contribution < -0.4 is 4.90 Å². The molecule has 0 radical (unpaired) electrons. The van der Waals surface area contributed by atoms with E-state index in [-0.39, 0.29) is 5.69 Å². The molecule has 0 bridgehead atoms. The molecular formula is C15H13BrN2O3. The van der Waals surface area contributed by atoms with Crippen LogP contribution in [0.1, 0.15) is 15.9 Å². The summed E-state index contributed by atoms with van der Waals surface area (Å²) in [6.07, 6.45) is 0.602. The van der Waals surface area contributed by atoms with E-state index < -0.39 is 4.92 Å². The molecule has 0 N–H and O–H groups in total. The maximum absolute atomic E-state index is 11.2. The first kappa shape index (κ1) is 15.2. The van der Waals surface area contributed by atoms with Crippen molar-refractivity contribution < 1.29 is 9.72 Å². The van der Waals surface area contributed by atoms with Gasteiger partial charge < -0.3 is 4.90 Å². The van der Waals surface area contributed by atoms with Gasteiger partial charge in [-0.15, -0.1) is 0 Å². The van der Waals surface area contributed by atoms with Crippen LogP contribution in [0, 0.1) is 10.1 Å². The van der Waals surface area contributed by atoms with Crippen LogP contribution in [0.2, 0.25) is 0 Å². The minimum Gasteiger partial charge on any atom is -0.365 e. The Balaban J connectivity index is 2.35. The Morgan fingerprint density at radius 1 is 1.29 bits per heavy atom. The topological polar surface area (TPSA) is 63.5 Å². The molecule has 21 heavy (non-hydrogen) atoms. The zero-order chi connectivity index (χ0) is 15.4. The van der Waals surface area contributed by atoms with Crippen molar-refractivity contribution in [1.29, 1.82) is 0 Å². The summed E-state index contributed by atoms with van der Waals surface area (Å²) in [6, 6.07) is 12.2. The van der Waals surface area contributed by atoms with Gasteiger partial charge in [0.25, 0.3) is 5.69 Å². The molecule has 0 spiro atoms. The summed E-state index contributed by atoms with van der Waals surface area (Å²) >= 11 is 3.46. The number of benzene rings is 2. The van der Waals surface area contributed by atoms with Crippen LogP contribution in [0.25, 0.3) is 0 Å². The van der Waals surface area contributed by atoms with Crippen molar-refractivity contribution in [2.24, 2.45) is 0 Å². The van der Waals surface area contributed by atoms with E-state index >= 15 is 0 Å². The number of hydrogen-bond acceptors (Lipinski definition) is 4. The average Bonchev–Trinajstić information content (AvgIpc) is 2.48. The first-order chi connectivity index (χ1) is 10.0. The maximum atomic E-state index is 11.2. The lowest BCUT2D eigenvalue weighted by Crippen LogP contribution is -2.18. The third kappa shape index (κ3) is 3.46. The number of rotatable bonds is 5. The minimum atomic E-state index is -0.473. The molecule has 0 atom stereocenters. The van der Waals surface area contributed by atoms with Crippen LogP contribution in [0.4, 0.5) is 11.4 Å². The first-order valence-corrected chi connectivity index (χ1v) is 7.00. The zero-order valence-corrected chi connectivity index (χ0v) is 12.9. The van der Waals surface area contributed by atoms with Gasteiger partial charge in [0.15, 0.2) is 0 Å². The van der Waals surface area contributed by atoms with E-state index in [2.05, 4.69) is 15.9 Å². The summed E-state index contributed by atoms with van der Waals surface area (Å²) in [6.45, 7) is 0.517. The van der Waals surface area contributed by atoms with Crippen molar-refractivity contribution in [3.8, 4) is 0 Å². The second-order valence-electron chi connectivity index (χ2n) is 4.57. The Hall–Kier alpha value is -2.21. The van der Waals surface area contributed by atoms with Crippen LogP contribution in [-0.4, -0.2) is 18.3 Å². The summed E-state index contributed by atoms with van der Waals surface area (Å²) < 4.78 is 0.948. The molecule has 2 rings (SSSR count). The molecule has 0 fully saturated rings. The molecule has 0 aliphatic rings. The lowest BCUT2D eigenvalue weighted by molar-refractivity contribution is -0.384. The van der Waals surface area contributed by atoms with Gasteiger partial charge in [0.2, 0.25) is 0 Å². The molecule has 0 saturated heterocycles. The Bertz CT molecular complexity index is 688. The molecule has 0 aromatic heterocycles. The number of halogens is 1. The number of nitro groups is 1. The zero-order valence-electron chi connectivity index (χ0n) is 11.3. The maximum Gasteiger partial charge on any atom is 0.293 e. The summed E-state index contributed by atoms with van der Waals surface area (Å²) in [5.74, 6) is 0. The van der Waals surface area contributed by atoms with E-state index in [4.69, 9.17) is 0 Å². The SMILES string of the molecule is CN(Cc1ccccc1Br)c1ccc(C=O)cc1[N+](=O)[O-]. The molecule has 0 aliphatic carbocycles. The lowest BCUT2D eigenvalue weighted by atomic mass is 10.1. The third-order valence-corrected chi connectivity index (χ3v) is 3.88. The normalized spacial score (nSPS) is 10.2. The molecule has 0 heterocycles. The smallest absolute Gasteiger partial charge is 0.293 e. The Labute approximate surface area is 130 Å². The fourth-order valence-corrected chi connectivity index (χ4v) is 2.46. The summed E-state index contributed by atoms with van der Waals surface area (Å²) in [5.41, 5.74) is 1.71. The Morgan fingerprint density at radius 2 is 2.00 bits per heavy atom. The number of nitro benzene ring substituents is 1. The molecule has 0 saturated carbocycles. The summed E-state index contributed by atoms with van der Waals surface area (Å²) in [4.78, 5) is 23.2.